The van der Waals surface area contributed by atoms with Gasteiger partial charge in [0.1, 0.15) is 57.5 Å². The summed E-state index contributed by atoms with van der Waals surface area (Å²) in [7, 11) is -6.27. The fourth-order valence-electron chi connectivity index (χ4n) is 12.1. The number of pyridine rings is 4. The number of halogens is 3. The smallest absolute Gasteiger partial charge is 0.506 e. The minimum atomic E-state index is -6.27. The van der Waals surface area contributed by atoms with Gasteiger partial charge >= 0.3 is 50.2 Å². The van der Waals surface area contributed by atoms with Gasteiger partial charge < -0.3 is 53.5 Å². The Labute approximate surface area is 693 Å². The molecule has 6 aromatic carbocycles. The number of fused-ring (bicyclic) bond motifs is 4. The summed E-state index contributed by atoms with van der Waals surface area (Å²) >= 11 is 0. The van der Waals surface area contributed by atoms with Crippen LogP contribution in [0.4, 0.5) is 24.5 Å². The number of ether oxygens (including phenoxy) is 3. The highest BCUT2D eigenvalue weighted by molar-refractivity contribution is 7.88. The second-order valence-corrected chi connectivity index (χ2v) is 28.2. The molecule has 0 fully saturated rings. The molecule has 0 spiro atoms. The minimum Gasteiger partial charge on any atom is -0.506 e. The molecule has 0 aliphatic heterocycles. The maximum Gasteiger partial charge on any atom is 0.534 e. The monoisotopic (exact) mass is 1690 g/mol. The van der Waals surface area contributed by atoms with E-state index in [0.29, 0.717) is 57.2 Å². The van der Waals surface area contributed by atoms with Crippen molar-refractivity contribution in [1.82, 2.24) is 58.8 Å². The largest absolute Gasteiger partial charge is 0.534 e. The molecule has 630 valence electrons. The molecule has 14 aromatic rings. The number of nitrogens with zero attached hydrogens (tertiary/aromatic N) is 12. The van der Waals surface area contributed by atoms with Crippen molar-refractivity contribution in [3.63, 3.8) is 0 Å². The van der Waals surface area contributed by atoms with Crippen molar-refractivity contribution < 1.29 is 78.8 Å². The van der Waals surface area contributed by atoms with Crippen molar-refractivity contribution in [1.29, 1.82) is 0 Å². The van der Waals surface area contributed by atoms with Gasteiger partial charge in [-0.25, -0.2) is 54.3 Å². The van der Waals surface area contributed by atoms with Crippen LogP contribution >= 0.6 is 0 Å². The molecule has 0 saturated carbocycles. The minimum absolute atomic E-state index is 0.0604. The number of aromatic hydroxyl groups is 1. The molecule has 32 nitrogen and oxygen atoms in total. The lowest BCUT2D eigenvalue weighted by atomic mass is 10.1. The number of anilines is 2. The van der Waals surface area contributed by atoms with Gasteiger partial charge in [0, 0.05) is 19.2 Å². The van der Waals surface area contributed by atoms with Gasteiger partial charge in [0.15, 0.2) is 45.0 Å². The highest BCUT2D eigenvalue weighted by Crippen LogP contribution is 2.36. The lowest BCUT2D eigenvalue weighted by Crippen LogP contribution is -2.35. The Morgan fingerprint density at radius 2 is 0.730 bits per heavy atom. The second kappa shape index (κ2) is 40.0. The summed E-state index contributed by atoms with van der Waals surface area (Å²) in [6.07, 6.45) is 5.05. The van der Waals surface area contributed by atoms with Crippen molar-refractivity contribution in [2.45, 2.75) is 107 Å². The molecule has 0 bridgehead atoms. The molecule has 36 heteroatoms. The number of aryl methyl sites for hydroxylation is 6. The van der Waals surface area contributed by atoms with E-state index in [1.807, 2.05) is 129 Å². The summed E-state index contributed by atoms with van der Waals surface area (Å²) in [6.45, 7) is 16.5. The summed E-state index contributed by atoms with van der Waals surface area (Å²) in [5.74, 6) is -4.81. The van der Waals surface area contributed by atoms with Crippen LogP contribution in [0.25, 0.3) is 44.1 Å². The fraction of sp³-hybridized carbons (Fsp3) is 0.221. The van der Waals surface area contributed by atoms with Crippen molar-refractivity contribution >= 4 is 83.5 Å². The standard InChI is InChI=1S/C26H26N4O4.C23H22N4O2.C19H16F3N3O7S.C18H17N3O5/c1-4-33-26(32)22-23(27-14-19-12-10-17(2)11-13-19)21-18(3)28-16-29-24(21)30(25(22)31)34-15-20-8-6-5-7-9-20;1-16-8-10-18(11-9-16)13-24-20-12-21(28)27(23-22(20)17(2)25-15-26-23)29-14-19-6-4-3-5-7-19;1-3-30-18(27)14-15(32-33(28,29)19(20,21)22)13-11(2)23-10-24-16(13)25(17(14)26)31-9-12-7-5-4-6-8-12;1-3-25-18(24)14-15(22)13-11(2)19-10-20-16(13)21(17(14)23)26-9-12-7-5-4-6-8-12/h5-13,16,27H,4,14-15H2,1-3H3;3-12,15,24H,13-14H2,1-2H3;4-8,10H,3,9H2,1-2H3;4-8,10,22H,3,9H2,1-2H3. The number of aromatic nitrogens is 12. The summed E-state index contributed by atoms with van der Waals surface area (Å²) in [4.78, 5) is 146. The van der Waals surface area contributed by atoms with Crippen LogP contribution in [0.3, 0.4) is 0 Å². The predicted octanol–water partition coefficient (Wildman–Crippen LogP) is 11.2. The van der Waals surface area contributed by atoms with Crippen LogP contribution in [0.15, 0.2) is 220 Å². The van der Waals surface area contributed by atoms with E-state index in [9.17, 15) is 60.3 Å². The molecule has 0 aliphatic carbocycles. The van der Waals surface area contributed by atoms with E-state index in [1.165, 1.54) is 49.2 Å². The third-order valence-corrected chi connectivity index (χ3v) is 19.1. The van der Waals surface area contributed by atoms with Gasteiger partial charge in [-0.2, -0.15) is 21.6 Å². The summed E-state index contributed by atoms with van der Waals surface area (Å²) in [5.41, 5.74) is 0.122. The molecule has 3 N–H and O–H groups in total. The summed E-state index contributed by atoms with van der Waals surface area (Å²) < 4.78 is 85.4. The van der Waals surface area contributed by atoms with E-state index >= 15 is 0 Å². The number of benzene rings is 6. The zero-order valence-corrected chi connectivity index (χ0v) is 68.0. The Morgan fingerprint density at radius 1 is 0.402 bits per heavy atom. The number of hydrogen-bond acceptors (Lipinski definition) is 28. The molecule has 8 heterocycles. The zero-order valence-electron chi connectivity index (χ0n) is 67.2. The number of hydrogen-bond donors (Lipinski definition) is 3. The van der Waals surface area contributed by atoms with E-state index in [-0.39, 0.29) is 79.7 Å². The van der Waals surface area contributed by atoms with E-state index in [2.05, 4.69) is 85.9 Å². The first-order valence-electron chi connectivity index (χ1n) is 37.7. The number of nitrogens with one attached hydrogen (secondary N) is 2. The number of carbonyl (C=O) groups is 3. The van der Waals surface area contributed by atoms with Crippen LogP contribution in [-0.4, -0.2) is 116 Å². The molecule has 0 aliphatic rings. The third kappa shape index (κ3) is 20.8. The normalized spacial score (nSPS) is 11.1. The molecule has 14 rings (SSSR count). The topological polar surface area (TPSA) is 395 Å². The first-order valence-corrected chi connectivity index (χ1v) is 39.1. The SMILES string of the molecule is CCOC(=O)c1c(NCc2ccc(C)cc2)c2c(C)ncnc2n(OCc2ccccc2)c1=O.CCOC(=O)c1c(O)c2c(C)ncnc2n(OCc2ccccc2)c1=O.CCOC(=O)c1c(OS(=O)(=O)C(F)(F)F)c2c(C)ncnc2n(OCc2ccccc2)c1=O.Cc1ccc(CNc2cc(=O)n(OCc3ccccc3)c3ncnc(C)c23)cc1. The quantitative estimate of drug-likeness (QED) is 0.0196. The van der Waals surface area contributed by atoms with Crippen molar-refractivity contribution in [3.05, 3.63) is 327 Å². The van der Waals surface area contributed by atoms with E-state index < -0.39 is 83.9 Å². The number of rotatable bonds is 26. The van der Waals surface area contributed by atoms with Crippen LogP contribution in [0, 0.1) is 41.5 Å². The van der Waals surface area contributed by atoms with Crippen molar-refractivity contribution in [2.24, 2.45) is 0 Å². The Kier molecular flexibility index (Phi) is 28.8. The van der Waals surface area contributed by atoms with Crippen molar-refractivity contribution in [3.8, 4) is 11.5 Å². The van der Waals surface area contributed by atoms with Gasteiger partial charge in [-0.3, -0.25) is 19.2 Å². The van der Waals surface area contributed by atoms with Gasteiger partial charge in [0.2, 0.25) is 0 Å². The highest BCUT2D eigenvalue weighted by Gasteiger charge is 2.50. The Bertz CT molecular complexity index is 6500. The van der Waals surface area contributed by atoms with Crippen LogP contribution in [-0.2, 0) is 63.8 Å². The van der Waals surface area contributed by atoms with Crippen LogP contribution in [0.2, 0.25) is 0 Å². The molecule has 0 saturated heterocycles. The van der Waals surface area contributed by atoms with E-state index in [0.717, 1.165) is 60.2 Å². The molecule has 8 aromatic heterocycles. The Balaban J connectivity index is 0.000000159. The van der Waals surface area contributed by atoms with E-state index in [4.69, 9.17) is 33.6 Å². The predicted molar refractivity (Wildman–Crippen MR) is 443 cm³/mol. The average Bonchev–Trinajstić information content (AvgIpc) is 0.748. The lowest BCUT2D eigenvalue weighted by Gasteiger charge is -2.18. The van der Waals surface area contributed by atoms with Gasteiger partial charge in [-0.1, -0.05) is 181 Å². The van der Waals surface area contributed by atoms with Gasteiger partial charge in [0.25, 0.3) is 5.56 Å². The van der Waals surface area contributed by atoms with Gasteiger partial charge in [0.05, 0.1) is 75.5 Å². The average molecular weight is 1690 g/mol. The number of esters is 3. The first-order chi connectivity index (χ1) is 58.6. The van der Waals surface area contributed by atoms with Crippen LogP contribution in [0.5, 0.6) is 11.5 Å². The van der Waals surface area contributed by atoms with Crippen molar-refractivity contribution in [2.75, 3.05) is 30.5 Å². The van der Waals surface area contributed by atoms with Crippen LogP contribution in [0.1, 0.15) is 119 Å². The maximum atomic E-state index is 13.5. The molecular weight excluding hydrogens is 1610 g/mol. The van der Waals surface area contributed by atoms with E-state index in [1.54, 1.807) is 58.0 Å². The summed E-state index contributed by atoms with van der Waals surface area (Å²) in [6, 6.07) is 54.6. The third-order valence-electron chi connectivity index (χ3n) is 18.1. The lowest BCUT2D eigenvalue weighted by molar-refractivity contribution is -0.0500. The Morgan fingerprint density at radius 3 is 1.14 bits per heavy atom. The zero-order chi connectivity index (χ0) is 87.4. The number of carbonyl (C=O) groups excluding carboxylic acids is 3. The molecule has 0 radical (unpaired) electrons. The van der Waals surface area contributed by atoms with Gasteiger partial charge in [-0.05, 0) is 95.7 Å². The molecule has 0 unspecified atom stereocenters. The Hall–Kier alpha value is -15.0. The fourth-order valence-corrected chi connectivity index (χ4v) is 12.6. The first kappa shape index (κ1) is 87.9. The number of alkyl halides is 3. The summed E-state index contributed by atoms with van der Waals surface area (Å²) in [5, 5.41) is 18.1. The van der Waals surface area contributed by atoms with Crippen LogP contribution < -0.4 is 56.4 Å². The van der Waals surface area contributed by atoms with Gasteiger partial charge in [-0.15, -0.1) is 18.9 Å². The molecule has 0 amide bonds. The molecule has 0 atom stereocenters. The molecule has 122 heavy (non-hydrogen) atoms. The highest BCUT2D eigenvalue weighted by atomic mass is 32.2. The maximum absolute atomic E-state index is 13.5. The second-order valence-electron chi connectivity index (χ2n) is 26.7. The molecular formula is C86H81F3N14O18S.